The molecule has 0 saturated carbocycles. The van der Waals surface area contributed by atoms with Crippen molar-refractivity contribution < 1.29 is 4.39 Å². The van der Waals surface area contributed by atoms with E-state index in [9.17, 15) is 4.39 Å². The van der Waals surface area contributed by atoms with Gasteiger partial charge in [0.1, 0.15) is 5.82 Å². The molecule has 2 aromatic carbocycles. The zero-order valence-electron chi connectivity index (χ0n) is 10.3. The van der Waals surface area contributed by atoms with E-state index >= 15 is 0 Å². The summed E-state index contributed by atoms with van der Waals surface area (Å²) < 4.78 is 13.7. The predicted octanol–water partition coefficient (Wildman–Crippen LogP) is 4.62. The zero-order chi connectivity index (χ0) is 12.3. The standard InChI is InChI=1S/C16H17F/c1-3-12-9-10-14(11-13(12)4-2)15-7-5-6-8-16(15)17/h5-11H,3-4H2,1-2H3. The van der Waals surface area contributed by atoms with Crippen LogP contribution in [0.25, 0.3) is 11.1 Å². The van der Waals surface area contributed by atoms with Gasteiger partial charge in [-0.1, -0.05) is 50.2 Å². The molecule has 0 atom stereocenters. The SMILES string of the molecule is CCc1ccc(-c2ccccc2F)cc1CC. The lowest BCUT2D eigenvalue weighted by Gasteiger charge is -2.09. The minimum absolute atomic E-state index is 0.154. The Kier molecular flexibility index (Phi) is 3.58. The summed E-state index contributed by atoms with van der Waals surface area (Å²) in [5.74, 6) is -0.154. The molecule has 0 saturated heterocycles. The van der Waals surface area contributed by atoms with Gasteiger partial charge in [-0.05, 0) is 35.6 Å². The minimum atomic E-state index is -0.154. The van der Waals surface area contributed by atoms with Crippen LogP contribution in [0.1, 0.15) is 25.0 Å². The van der Waals surface area contributed by atoms with Crippen LogP contribution in [-0.2, 0) is 12.8 Å². The first-order valence-electron chi connectivity index (χ1n) is 6.13. The number of hydrogen-bond donors (Lipinski definition) is 0. The summed E-state index contributed by atoms with van der Waals surface area (Å²) in [6.07, 6.45) is 2.02. The van der Waals surface area contributed by atoms with Gasteiger partial charge in [0.2, 0.25) is 0 Å². The van der Waals surface area contributed by atoms with Gasteiger partial charge >= 0.3 is 0 Å². The molecule has 0 heterocycles. The van der Waals surface area contributed by atoms with Crippen LogP contribution in [0, 0.1) is 5.82 Å². The van der Waals surface area contributed by atoms with Gasteiger partial charge in [-0.3, -0.25) is 0 Å². The van der Waals surface area contributed by atoms with E-state index in [1.54, 1.807) is 6.07 Å². The van der Waals surface area contributed by atoms with Crippen molar-refractivity contribution in [1.29, 1.82) is 0 Å². The summed E-state index contributed by atoms with van der Waals surface area (Å²) >= 11 is 0. The fourth-order valence-electron chi connectivity index (χ4n) is 2.16. The molecule has 0 unspecified atom stereocenters. The van der Waals surface area contributed by atoms with E-state index in [1.807, 2.05) is 18.2 Å². The number of halogens is 1. The van der Waals surface area contributed by atoms with Crippen LogP contribution < -0.4 is 0 Å². The van der Waals surface area contributed by atoms with Crippen LogP contribution in [0.2, 0.25) is 0 Å². The van der Waals surface area contributed by atoms with E-state index in [-0.39, 0.29) is 5.82 Å². The van der Waals surface area contributed by atoms with Gasteiger partial charge in [-0.2, -0.15) is 0 Å². The molecule has 2 aromatic rings. The summed E-state index contributed by atoms with van der Waals surface area (Å²) in [5, 5.41) is 0. The molecule has 0 aromatic heterocycles. The second kappa shape index (κ2) is 5.13. The lowest BCUT2D eigenvalue weighted by molar-refractivity contribution is 0.631. The van der Waals surface area contributed by atoms with Crippen molar-refractivity contribution >= 4 is 0 Å². The van der Waals surface area contributed by atoms with Crippen molar-refractivity contribution in [2.75, 3.05) is 0 Å². The normalized spacial score (nSPS) is 10.5. The minimum Gasteiger partial charge on any atom is -0.206 e. The van der Waals surface area contributed by atoms with Crippen LogP contribution in [-0.4, -0.2) is 0 Å². The van der Waals surface area contributed by atoms with Crippen LogP contribution in [0.3, 0.4) is 0 Å². The molecule has 0 aliphatic carbocycles. The van der Waals surface area contributed by atoms with Crippen molar-refractivity contribution in [1.82, 2.24) is 0 Å². The fraction of sp³-hybridized carbons (Fsp3) is 0.250. The second-order valence-electron chi connectivity index (χ2n) is 4.17. The molecular formula is C16H17F. The second-order valence-corrected chi connectivity index (χ2v) is 4.17. The smallest absolute Gasteiger partial charge is 0.131 e. The number of hydrogen-bond acceptors (Lipinski definition) is 0. The molecular weight excluding hydrogens is 211 g/mol. The Labute approximate surface area is 102 Å². The average molecular weight is 228 g/mol. The maximum Gasteiger partial charge on any atom is 0.131 e. The third-order valence-electron chi connectivity index (χ3n) is 3.15. The molecule has 17 heavy (non-hydrogen) atoms. The first-order chi connectivity index (χ1) is 8.26. The predicted molar refractivity (Wildman–Crippen MR) is 70.6 cm³/mol. The highest BCUT2D eigenvalue weighted by Gasteiger charge is 2.06. The molecule has 0 aliphatic rings. The highest BCUT2D eigenvalue weighted by Crippen LogP contribution is 2.25. The lowest BCUT2D eigenvalue weighted by Crippen LogP contribution is -1.92. The molecule has 0 N–H and O–H groups in total. The molecule has 0 fully saturated rings. The van der Waals surface area contributed by atoms with Crippen molar-refractivity contribution in [3.8, 4) is 11.1 Å². The highest BCUT2D eigenvalue weighted by atomic mass is 19.1. The number of aryl methyl sites for hydroxylation is 2. The third-order valence-corrected chi connectivity index (χ3v) is 3.15. The van der Waals surface area contributed by atoms with Crippen molar-refractivity contribution in [3.05, 3.63) is 59.4 Å². The van der Waals surface area contributed by atoms with Gasteiger partial charge in [0.15, 0.2) is 0 Å². The number of rotatable bonds is 3. The van der Waals surface area contributed by atoms with Gasteiger partial charge < -0.3 is 0 Å². The van der Waals surface area contributed by atoms with E-state index in [4.69, 9.17) is 0 Å². The van der Waals surface area contributed by atoms with Crippen LogP contribution in [0.5, 0.6) is 0 Å². The quantitative estimate of drug-likeness (QED) is 0.719. The first kappa shape index (κ1) is 11.8. The molecule has 2 rings (SSSR count). The molecule has 1 heteroatoms. The van der Waals surface area contributed by atoms with Gasteiger partial charge in [-0.15, -0.1) is 0 Å². The molecule has 0 amide bonds. The van der Waals surface area contributed by atoms with Crippen molar-refractivity contribution in [3.63, 3.8) is 0 Å². The van der Waals surface area contributed by atoms with Gasteiger partial charge in [0.05, 0.1) is 0 Å². The molecule has 0 radical (unpaired) electrons. The van der Waals surface area contributed by atoms with Gasteiger partial charge in [0.25, 0.3) is 0 Å². The van der Waals surface area contributed by atoms with Crippen LogP contribution in [0.4, 0.5) is 4.39 Å². The Hall–Kier alpha value is -1.63. The van der Waals surface area contributed by atoms with E-state index < -0.39 is 0 Å². The first-order valence-corrected chi connectivity index (χ1v) is 6.13. The number of benzene rings is 2. The summed E-state index contributed by atoms with van der Waals surface area (Å²) in [6.45, 7) is 4.29. The maximum atomic E-state index is 13.7. The fourth-order valence-corrected chi connectivity index (χ4v) is 2.16. The molecule has 88 valence electrons. The lowest BCUT2D eigenvalue weighted by atomic mass is 9.96. The molecule has 0 aliphatic heterocycles. The Morgan fingerprint density at radius 1 is 0.882 bits per heavy atom. The molecule has 0 spiro atoms. The van der Waals surface area contributed by atoms with E-state index in [0.717, 1.165) is 18.4 Å². The highest BCUT2D eigenvalue weighted by molar-refractivity contribution is 5.65. The zero-order valence-corrected chi connectivity index (χ0v) is 10.3. The summed E-state index contributed by atoms with van der Waals surface area (Å²) in [7, 11) is 0. The van der Waals surface area contributed by atoms with Crippen molar-refractivity contribution in [2.24, 2.45) is 0 Å². The summed E-state index contributed by atoms with van der Waals surface area (Å²) in [6, 6.07) is 13.2. The van der Waals surface area contributed by atoms with Gasteiger partial charge in [0, 0.05) is 5.56 Å². The van der Waals surface area contributed by atoms with Crippen molar-refractivity contribution in [2.45, 2.75) is 26.7 Å². The molecule has 0 nitrogen and oxygen atoms in total. The summed E-state index contributed by atoms with van der Waals surface area (Å²) in [4.78, 5) is 0. The summed E-state index contributed by atoms with van der Waals surface area (Å²) in [5.41, 5.74) is 4.32. The third kappa shape index (κ3) is 2.38. The monoisotopic (exact) mass is 228 g/mol. The van der Waals surface area contributed by atoms with E-state index in [1.165, 1.54) is 17.2 Å². The Bertz CT molecular complexity index is 515. The largest absolute Gasteiger partial charge is 0.206 e. The van der Waals surface area contributed by atoms with E-state index in [0.29, 0.717) is 5.56 Å². The van der Waals surface area contributed by atoms with Crippen LogP contribution in [0.15, 0.2) is 42.5 Å². The Morgan fingerprint density at radius 3 is 2.24 bits per heavy atom. The molecule has 0 bridgehead atoms. The average Bonchev–Trinajstić information content (AvgIpc) is 2.38. The van der Waals surface area contributed by atoms with Gasteiger partial charge in [-0.25, -0.2) is 4.39 Å². The van der Waals surface area contributed by atoms with E-state index in [2.05, 4.69) is 26.0 Å². The van der Waals surface area contributed by atoms with Crippen LogP contribution >= 0.6 is 0 Å². The Balaban J connectivity index is 2.50. The Morgan fingerprint density at radius 2 is 1.59 bits per heavy atom. The maximum absolute atomic E-state index is 13.7. The topological polar surface area (TPSA) is 0 Å².